The standard InChI is InChI=1S/C12H11N3O3S.3ClH/c13-12(16)9-4-3-5-10(8-9)19(17,18)15-11-6-1-2-7-14-11;;;/h1-8H,(H2,13,16)(H,14,15);3*1H. The van der Waals surface area contributed by atoms with Gasteiger partial charge in [-0.15, -0.1) is 37.2 Å². The molecular formula is C12H14Cl3N3O3S. The van der Waals surface area contributed by atoms with E-state index in [2.05, 4.69) is 9.71 Å². The predicted molar refractivity (Wildman–Crippen MR) is 91.7 cm³/mol. The topological polar surface area (TPSA) is 102 Å². The molecule has 2 rings (SSSR count). The van der Waals surface area contributed by atoms with Crippen molar-refractivity contribution in [1.82, 2.24) is 4.98 Å². The van der Waals surface area contributed by atoms with Crippen molar-refractivity contribution < 1.29 is 13.2 Å². The second kappa shape index (κ2) is 9.47. The summed E-state index contributed by atoms with van der Waals surface area (Å²) in [6, 6.07) is 10.3. The lowest BCUT2D eigenvalue weighted by Gasteiger charge is -2.07. The SMILES string of the molecule is Cl.Cl.Cl.NC(=O)c1cccc(S(=O)(=O)Nc2ccccn2)c1. The number of primary amides is 1. The molecule has 0 radical (unpaired) electrons. The summed E-state index contributed by atoms with van der Waals surface area (Å²) >= 11 is 0. The van der Waals surface area contributed by atoms with Gasteiger partial charge in [0, 0.05) is 11.8 Å². The van der Waals surface area contributed by atoms with Crippen LogP contribution in [0.2, 0.25) is 0 Å². The summed E-state index contributed by atoms with van der Waals surface area (Å²) in [5, 5.41) is 0. The van der Waals surface area contributed by atoms with Gasteiger partial charge in [-0.3, -0.25) is 9.52 Å². The molecule has 0 bridgehead atoms. The molecular weight excluding hydrogens is 373 g/mol. The van der Waals surface area contributed by atoms with Crippen LogP contribution in [0.4, 0.5) is 5.82 Å². The van der Waals surface area contributed by atoms with E-state index in [-0.39, 0.29) is 53.5 Å². The molecule has 0 saturated heterocycles. The van der Waals surface area contributed by atoms with Gasteiger partial charge in [-0.05, 0) is 30.3 Å². The molecule has 22 heavy (non-hydrogen) atoms. The summed E-state index contributed by atoms with van der Waals surface area (Å²) in [6.07, 6.45) is 1.47. The lowest BCUT2D eigenvalue weighted by Crippen LogP contribution is -2.16. The second-order valence-electron chi connectivity index (χ2n) is 3.71. The van der Waals surface area contributed by atoms with E-state index in [4.69, 9.17) is 5.73 Å². The fraction of sp³-hybridized carbons (Fsp3) is 0. The maximum absolute atomic E-state index is 12.1. The first kappa shape index (κ1) is 22.7. The number of carbonyl (C=O) groups excluding carboxylic acids is 1. The van der Waals surface area contributed by atoms with Crippen LogP contribution in [0.1, 0.15) is 10.4 Å². The maximum Gasteiger partial charge on any atom is 0.263 e. The molecule has 6 nitrogen and oxygen atoms in total. The number of anilines is 1. The van der Waals surface area contributed by atoms with E-state index >= 15 is 0 Å². The number of carbonyl (C=O) groups is 1. The van der Waals surface area contributed by atoms with Crippen molar-refractivity contribution in [2.24, 2.45) is 5.73 Å². The molecule has 1 amide bonds. The van der Waals surface area contributed by atoms with E-state index in [1.807, 2.05) is 0 Å². The van der Waals surface area contributed by atoms with Crippen LogP contribution >= 0.6 is 37.2 Å². The van der Waals surface area contributed by atoms with Gasteiger partial charge in [0.1, 0.15) is 5.82 Å². The van der Waals surface area contributed by atoms with Crippen LogP contribution in [0.5, 0.6) is 0 Å². The van der Waals surface area contributed by atoms with E-state index in [0.717, 1.165) is 0 Å². The molecule has 3 N–H and O–H groups in total. The molecule has 10 heteroatoms. The molecule has 0 unspecified atom stereocenters. The number of benzene rings is 1. The van der Waals surface area contributed by atoms with Crippen molar-refractivity contribution in [1.29, 1.82) is 0 Å². The zero-order valence-electron chi connectivity index (χ0n) is 11.0. The van der Waals surface area contributed by atoms with Gasteiger partial charge >= 0.3 is 0 Å². The Hall–Kier alpha value is -1.54. The Bertz CT molecular complexity index is 712. The molecule has 1 heterocycles. The van der Waals surface area contributed by atoms with Crippen molar-refractivity contribution in [3.63, 3.8) is 0 Å². The summed E-state index contributed by atoms with van der Waals surface area (Å²) < 4.78 is 26.5. The van der Waals surface area contributed by atoms with Crippen LogP contribution in [0, 0.1) is 0 Å². The van der Waals surface area contributed by atoms with E-state index in [1.54, 1.807) is 12.1 Å². The van der Waals surface area contributed by atoms with Gasteiger partial charge in [-0.2, -0.15) is 0 Å². The minimum Gasteiger partial charge on any atom is -0.366 e. The van der Waals surface area contributed by atoms with Crippen LogP contribution in [-0.2, 0) is 10.0 Å². The monoisotopic (exact) mass is 385 g/mol. The Kier molecular flexibility index (Phi) is 9.79. The first-order chi connectivity index (χ1) is 8.99. The highest BCUT2D eigenvalue weighted by Crippen LogP contribution is 2.15. The zero-order valence-corrected chi connectivity index (χ0v) is 14.3. The number of halogens is 3. The van der Waals surface area contributed by atoms with E-state index in [1.165, 1.54) is 36.5 Å². The van der Waals surface area contributed by atoms with E-state index in [0.29, 0.717) is 0 Å². The normalized spacial score (nSPS) is 9.45. The van der Waals surface area contributed by atoms with Crippen LogP contribution in [0.25, 0.3) is 0 Å². The summed E-state index contributed by atoms with van der Waals surface area (Å²) in [5.74, 6) is -0.484. The Balaban J connectivity index is 0. The largest absolute Gasteiger partial charge is 0.366 e. The second-order valence-corrected chi connectivity index (χ2v) is 5.39. The van der Waals surface area contributed by atoms with Gasteiger partial charge in [0.25, 0.3) is 10.0 Å². The predicted octanol–water partition coefficient (Wildman–Crippen LogP) is 2.25. The Morgan fingerprint density at radius 1 is 1.05 bits per heavy atom. The van der Waals surface area contributed by atoms with Crippen molar-refractivity contribution in [2.75, 3.05) is 4.72 Å². The number of sulfonamides is 1. The van der Waals surface area contributed by atoms with Gasteiger partial charge < -0.3 is 5.73 Å². The minimum absolute atomic E-state index is 0. The van der Waals surface area contributed by atoms with E-state index in [9.17, 15) is 13.2 Å². The lowest BCUT2D eigenvalue weighted by molar-refractivity contribution is 0.1000. The highest BCUT2D eigenvalue weighted by Gasteiger charge is 2.16. The third-order valence-corrected chi connectivity index (χ3v) is 3.69. The number of amides is 1. The van der Waals surface area contributed by atoms with Crippen molar-refractivity contribution >= 4 is 59.0 Å². The molecule has 0 aliphatic carbocycles. The van der Waals surface area contributed by atoms with Gasteiger partial charge in [0.05, 0.1) is 4.90 Å². The molecule has 2 aromatic rings. The third kappa shape index (κ3) is 5.69. The molecule has 122 valence electrons. The van der Waals surface area contributed by atoms with Crippen molar-refractivity contribution in [3.05, 3.63) is 54.2 Å². The molecule has 0 saturated carbocycles. The zero-order chi connectivity index (χ0) is 13.9. The Morgan fingerprint density at radius 3 is 2.27 bits per heavy atom. The number of pyridine rings is 1. The van der Waals surface area contributed by atoms with Crippen LogP contribution in [0.15, 0.2) is 53.6 Å². The molecule has 0 atom stereocenters. The van der Waals surface area contributed by atoms with Gasteiger partial charge in [0.15, 0.2) is 0 Å². The summed E-state index contributed by atoms with van der Waals surface area (Å²) in [6.45, 7) is 0. The molecule has 0 aliphatic rings. The average molecular weight is 387 g/mol. The first-order valence-corrected chi connectivity index (χ1v) is 6.81. The lowest BCUT2D eigenvalue weighted by atomic mass is 10.2. The molecule has 1 aromatic carbocycles. The van der Waals surface area contributed by atoms with Gasteiger partial charge in [-0.25, -0.2) is 13.4 Å². The number of rotatable bonds is 4. The highest BCUT2D eigenvalue weighted by molar-refractivity contribution is 7.92. The van der Waals surface area contributed by atoms with Crippen molar-refractivity contribution in [3.8, 4) is 0 Å². The smallest absolute Gasteiger partial charge is 0.263 e. The molecule has 0 fully saturated rings. The van der Waals surface area contributed by atoms with Crippen LogP contribution in [-0.4, -0.2) is 19.3 Å². The van der Waals surface area contributed by atoms with E-state index < -0.39 is 15.9 Å². The molecule has 0 aliphatic heterocycles. The number of aromatic nitrogens is 1. The average Bonchev–Trinajstić information content (AvgIpc) is 2.39. The minimum atomic E-state index is -3.79. The van der Waals surface area contributed by atoms with Gasteiger partial charge in [-0.1, -0.05) is 12.1 Å². The summed E-state index contributed by atoms with van der Waals surface area (Å²) in [7, 11) is -3.79. The fourth-order valence-electron chi connectivity index (χ4n) is 1.44. The number of nitrogens with one attached hydrogen (secondary N) is 1. The fourth-order valence-corrected chi connectivity index (χ4v) is 2.49. The maximum atomic E-state index is 12.1. The third-order valence-electron chi connectivity index (χ3n) is 2.33. The van der Waals surface area contributed by atoms with Crippen LogP contribution in [0.3, 0.4) is 0 Å². The number of hydrogen-bond acceptors (Lipinski definition) is 4. The Morgan fingerprint density at radius 2 is 1.73 bits per heavy atom. The van der Waals surface area contributed by atoms with Crippen molar-refractivity contribution in [2.45, 2.75) is 4.90 Å². The first-order valence-electron chi connectivity index (χ1n) is 5.33. The Labute approximate surface area is 146 Å². The number of hydrogen-bond donors (Lipinski definition) is 2. The number of nitrogens with zero attached hydrogens (tertiary/aromatic N) is 1. The summed E-state index contributed by atoms with van der Waals surface area (Å²) in [4.78, 5) is 14.9. The quantitative estimate of drug-likeness (QED) is 0.841. The molecule has 0 spiro atoms. The summed E-state index contributed by atoms with van der Waals surface area (Å²) in [5.41, 5.74) is 5.24. The van der Waals surface area contributed by atoms with Crippen LogP contribution < -0.4 is 10.5 Å². The number of nitrogens with two attached hydrogens (primary N) is 1. The highest BCUT2D eigenvalue weighted by atomic mass is 35.5. The van der Waals surface area contributed by atoms with Gasteiger partial charge in [0.2, 0.25) is 5.91 Å². The molecule has 1 aromatic heterocycles.